The minimum atomic E-state index is -0.178. The molecule has 0 saturated carbocycles. The van der Waals surface area contributed by atoms with E-state index in [2.05, 4.69) is 10.2 Å². The molecule has 0 amide bonds. The fourth-order valence-electron chi connectivity index (χ4n) is 1.95. The predicted octanol–water partition coefficient (Wildman–Crippen LogP) is 0.291. The lowest BCUT2D eigenvalue weighted by molar-refractivity contribution is -0.678. The molecule has 2 rings (SSSR count). The molecule has 0 aromatic carbocycles. The summed E-state index contributed by atoms with van der Waals surface area (Å²) in [6, 6.07) is 5.61. The maximum Gasteiger partial charge on any atom is 0.220 e. The van der Waals surface area contributed by atoms with E-state index in [-0.39, 0.29) is 12.4 Å². The zero-order chi connectivity index (χ0) is 15.4. The van der Waals surface area contributed by atoms with Crippen molar-refractivity contribution in [3.05, 3.63) is 52.9 Å². The smallest absolute Gasteiger partial charge is 0.220 e. The molecule has 6 nitrogen and oxygen atoms in total. The number of aliphatic hydroxyl groups is 1. The van der Waals surface area contributed by atoms with Crippen LogP contribution in [-0.2, 0) is 20.7 Å². The highest BCUT2D eigenvalue weighted by atomic mass is 16.3. The van der Waals surface area contributed by atoms with E-state index in [1.54, 1.807) is 17.7 Å². The van der Waals surface area contributed by atoms with Crippen LogP contribution in [0.1, 0.15) is 16.8 Å². The Kier molecular flexibility index (Phi) is 4.49. The Morgan fingerprint density at radius 3 is 2.81 bits per heavy atom. The van der Waals surface area contributed by atoms with Crippen LogP contribution in [0.4, 0.5) is 0 Å². The molecule has 0 bridgehead atoms. The Hall–Kier alpha value is -2.47. The van der Waals surface area contributed by atoms with Gasteiger partial charge in [-0.05, 0) is 12.1 Å². The zero-order valence-electron chi connectivity index (χ0n) is 12.4. The van der Waals surface area contributed by atoms with Crippen molar-refractivity contribution in [2.45, 2.75) is 13.5 Å². The minimum absolute atomic E-state index is 0.0976. The molecule has 2 aromatic rings. The van der Waals surface area contributed by atoms with Crippen molar-refractivity contribution in [2.75, 3.05) is 0 Å². The van der Waals surface area contributed by atoms with E-state index in [4.69, 9.17) is 0 Å². The summed E-state index contributed by atoms with van der Waals surface area (Å²) in [5, 5.41) is 27.7. The summed E-state index contributed by atoms with van der Waals surface area (Å²) in [4.78, 5) is 0. The normalized spacial score (nSPS) is 12.3. The molecule has 0 atom stereocenters. The number of hydrogen-bond acceptors (Lipinski definition) is 4. The van der Waals surface area contributed by atoms with Gasteiger partial charge in [-0.15, -0.1) is 5.10 Å². The average Bonchev–Trinajstić information content (AvgIpc) is 2.48. The molecule has 21 heavy (non-hydrogen) atoms. The number of rotatable bonds is 3. The second kappa shape index (κ2) is 6.32. The monoisotopic (exact) mass is 287 g/mol. The lowest BCUT2D eigenvalue weighted by Gasteiger charge is -2.05. The molecule has 6 heteroatoms. The quantitative estimate of drug-likeness (QED) is 0.484. The van der Waals surface area contributed by atoms with E-state index in [1.165, 1.54) is 6.21 Å². The minimum Gasteiger partial charge on any atom is -0.502 e. The van der Waals surface area contributed by atoms with Gasteiger partial charge in [-0.25, -0.2) is 4.57 Å². The van der Waals surface area contributed by atoms with Gasteiger partial charge in [0.1, 0.15) is 7.05 Å². The molecule has 2 heterocycles. The van der Waals surface area contributed by atoms with Gasteiger partial charge in [-0.2, -0.15) is 5.10 Å². The molecular formula is C15H19N4O2+. The average molecular weight is 287 g/mol. The topological polar surface area (TPSA) is 74.0 Å². The van der Waals surface area contributed by atoms with Gasteiger partial charge in [-0.1, -0.05) is 6.07 Å². The molecule has 0 unspecified atom stereocenters. The first-order chi connectivity index (χ1) is 10.0. The lowest BCUT2D eigenvalue weighted by atomic mass is 10.1. The number of aliphatic hydroxyl groups excluding tert-OH is 1. The van der Waals surface area contributed by atoms with Crippen LogP contribution in [0.25, 0.3) is 0 Å². The third-order valence-electron chi connectivity index (χ3n) is 3.37. The number of pyridine rings is 2. The van der Waals surface area contributed by atoms with Gasteiger partial charge in [0, 0.05) is 20.2 Å². The molecule has 0 aliphatic carbocycles. The number of nitrogens with zero attached hydrogens (tertiary/aromatic N) is 4. The number of hydrogen-bond donors (Lipinski definition) is 2. The predicted molar refractivity (Wildman–Crippen MR) is 78.5 cm³/mol. The zero-order valence-corrected chi connectivity index (χ0v) is 12.4. The Morgan fingerprint density at radius 1 is 1.38 bits per heavy atom. The van der Waals surface area contributed by atoms with E-state index >= 15 is 0 Å². The molecule has 2 aromatic heterocycles. The summed E-state index contributed by atoms with van der Waals surface area (Å²) >= 11 is 0. The second-order valence-corrected chi connectivity index (χ2v) is 4.79. The van der Waals surface area contributed by atoms with Crippen LogP contribution in [0.15, 0.2) is 40.8 Å². The van der Waals surface area contributed by atoms with Crippen LogP contribution in [0.3, 0.4) is 0 Å². The highest BCUT2D eigenvalue weighted by Crippen LogP contribution is 2.20. The number of aromatic nitrogens is 2. The van der Waals surface area contributed by atoms with Crippen LogP contribution in [0, 0.1) is 6.92 Å². The summed E-state index contributed by atoms with van der Waals surface area (Å²) < 4.78 is 3.59. The standard InChI is InChI=1S/C15H18N4O2/c1-11-15(21)13(12(10-20)9-19(11)3)8-16-17-14-6-4-5-7-18(14)2/h4-9,20H,10H2,1-3H3/p+1. The van der Waals surface area contributed by atoms with Gasteiger partial charge in [0.05, 0.1) is 23.9 Å². The Bertz CT molecular complexity index is 748. The van der Waals surface area contributed by atoms with Gasteiger partial charge in [0.15, 0.2) is 17.4 Å². The molecule has 2 N–H and O–H groups in total. The molecule has 0 fully saturated rings. The van der Waals surface area contributed by atoms with Gasteiger partial charge < -0.3 is 14.8 Å². The van der Waals surface area contributed by atoms with E-state index in [0.717, 1.165) is 0 Å². The van der Waals surface area contributed by atoms with Crippen LogP contribution < -0.4 is 10.1 Å². The molecule has 0 aliphatic heterocycles. The third kappa shape index (κ3) is 3.17. The van der Waals surface area contributed by atoms with Crippen LogP contribution >= 0.6 is 0 Å². The molecule has 110 valence electrons. The molecule has 0 spiro atoms. The largest absolute Gasteiger partial charge is 0.502 e. The summed E-state index contributed by atoms with van der Waals surface area (Å²) in [6.45, 7) is 1.62. The second-order valence-electron chi connectivity index (χ2n) is 4.79. The molecule has 0 saturated heterocycles. The van der Waals surface area contributed by atoms with E-state index in [9.17, 15) is 10.2 Å². The summed E-state index contributed by atoms with van der Waals surface area (Å²) in [5.74, 6) is 0.0976. The fourth-order valence-corrected chi connectivity index (χ4v) is 1.95. The van der Waals surface area contributed by atoms with E-state index < -0.39 is 0 Å². The summed E-state index contributed by atoms with van der Waals surface area (Å²) in [7, 11) is 3.68. The highest BCUT2D eigenvalue weighted by Gasteiger charge is 2.17. The maximum absolute atomic E-state index is 10.2. The van der Waals surface area contributed by atoms with Crippen molar-refractivity contribution in [3.8, 4) is 5.75 Å². The van der Waals surface area contributed by atoms with Crippen molar-refractivity contribution < 1.29 is 14.8 Å². The van der Waals surface area contributed by atoms with Crippen LogP contribution in [-0.4, -0.2) is 21.0 Å². The van der Waals surface area contributed by atoms with Crippen molar-refractivity contribution in [1.29, 1.82) is 0 Å². The van der Waals surface area contributed by atoms with Crippen molar-refractivity contribution in [3.63, 3.8) is 0 Å². The lowest BCUT2D eigenvalue weighted by Crippen LogP contribution is -2.33. The Morgan fingerprint density at radius 2 is 2.14 bits per heavy atom. The number of aryl methyl sites for hydroxylation is 2. The van der Waals surface area contributed by atoms with E-state index in [1.807, 2.05) is 43.1 Å². The fraction of sp³-hybridized carbons (Fsp3) is 0.267. The van der Waals surface area contributed by atoms with E-state index in [0.29, 0.717) is 22.3 Å². The first-order valence-electron chi connectivity index (χ1n) is 6.55. The van der Waals surface area contributed by atoms with Crippen molar-refractivity contribution >= 4 is 6.21 Å². The number of aromatic hydroxyl groups is 1. The van der Waals surface area contributed by atoms with Gasteiger partial charge >= 0.3 is 0 Å². The summed E-state index contributed by atoms with van der Waals surface area (Å²) in [6.07, 6.45) is 5.09. The van der Waals surface area contributed by atoms with Gasteiger partial charge in [0.2, 0.25) is 5.69 Å². The van der Waals surface area contributed by atoms with Crippen LogP contribution in [0.5, 0.6) is 5.75 Å². The first kappa shape index (κ1) is 14.9. The van der Waals surface area contributed by atoms with Crippen LogP contribution in [0.2, 0.25) is 0 Å². The Labute approximate surface area is 123 Å². The molecule has 0 aliphatic rings. The van der Waals surface area contributed by atoms with Crippen molar-refractivity contribution in [1.82, 2.24) is 4.57 Å². The van der Waals surface area contributed by atoms with Gasteiger partial charge in [-0.3, -0.25) is 0 Å². The molecular weight excluding hydrogens is 268 g/mol. The van der Waals surface area contributed by atoms with Crippen molar-refractivity contribution in [2.24, 2.45) is 24.3 Å². The maximum atomic E-state index is 10.2. The SMILES string of the molecule is Cc1c(O)c(/C=N/N=c2\ccccn2C)c(CO)c[n+]1C. The third-order valence-corrected chi connectivity index (χ3v) is 3.37. The highest BCUT2D eigenvalue weighted by molar-refractivity contribution is 5.85. The first-order valence-corrected chi connectivity index (χ1v) is 6.55. The molecule has 0 radical (unpaired) electrons. The Balaban J connectivity index is 2.45. The summed E-state index contributed by atoms with van der Waals surface area (Å²) in [5.41, 5.74) is 2.46. The van der Waals surface area contributed by atoms with Gasteiger partial charge in [0.25, 0.3) is 0 Å².